The summed E-state index contributed by atoms with van der Waals surface area (Å²) in [6.07, 6.45) is 1.41. The highest BCUT2D eigenvalue weighted by atomic mass is 79.9. The molecule has 0 saturated heterocycles. The van der Waals surface area contributed by atoms with Crippen molar-refractivity contribution in [3.05, 3.63) is 67.4 Å². The van der Waals surface area contributed by atoms with Gasteiger partial charge in [-0.3, -0.25) is 18.7 Å². The number of carbonyl (C=O) groups is 1. The molecule has 3 rings (SSSR count). The van der Waals surface area contributed by atoms with Gasteiger partial charge in [0, 0.05) is 24.1 Å². The van der Waals surface area contributed by atoms with Gasteiger partial charge in [0.25, 0.3) is 11.5 Å². The lowest BCUT2D eigenvalue weighted by molar-refractivity contribution is 0.102. The molecule has 8 heteroatoms. The number of fused-ring (bicyclic) bond motifs is 1. The Morgan fingerprint density at radius 1 is 1.12 bits per heavy atom. The number of nitrogens with zero attached hydrogens (tertiary/aromatic N) is 3. The molecule has 1 aromatic carbocycles. The lowest BCUT2D eigenvalue weighted by Gasteiger charge is -2.09. The second-order valence-electron chi connectivity index (χ2n) is 5.26. The van der Waals surface area contributed by atoms with Gasteiger partial charge in [0.05, 0.1) is 17.3 Å². The molecule has 0 fully saturated rings. The highest BCUT2D eigenvalue weighted by Crippen LogP contribution is 2.15. The summed E-state index contributed by atoms with van der Waals surface area (Å²) in [4.78, 5) is 40.5. The van der Waals surface area contributed by atoms with Crippen LogP contribution in [0.1, 0.15) is 10.4 Å². The fourth-order valence-corrected chi connectivity index (χ4v) is 2.60. The summed E-state index contributed by atoms with van der Waals surface area (Å²) in [5.41, 5.74) is 0.217. The van der Waals surface area contributed by atoms with Crippen LogP contribution < -0.4 is 16.6 Å². The Kier molecular flexibility index (Phi) is 4.06. The molecule has 7 nitrogen and oxygen atoms in total. The molecule has 122 valence electrons. The fourth-order valence-electron chi connectivity index (χ4n) is 2.34. The highest BCUT2D eigenvalue weighted by Gasteiger charge is 2.12. The van der Waals surface area contributed by atoms with Gasteiger partial charge in [0.2, 0.25) is 0 Å². The molecule has 2 aromatic heterocycles. The van der Waals surface area contributed by atoms with E-state index in [2.05, 4.69) is 26.2 Å². The van der Waals surface area contributed by atoms with Crippen LogP contribution in [0.3, 0.4) is 0 Å². The molecule has 1 amide bonds. The van der Waals surface area contributed by atoms with Crippen LogP contribution in [0.25, 0.3) is 11.0 Å². The van der Waals surface area contributed by atoms with Crippen molar-refractivity contribution in [3.8, 4) is 0 Å². The maximum absolute atomic E-state index is 12.2. The minimum absolute atomic E-state index is 0.258. The van der Waals surface area contributed by atoms with Crippen molar-refractivity contribution in [2.24, 2.45) is 14.1 Å². The topological polar surface area (TPSA) is 86.0 Å². The number of anilines is 1. The lowest BCUT2D eigenvalue weighted by atomic mass is 10.2. The van der Waals surface area contributed by atoms with E-state index in [0.717, 1.165) is 9.04 Å². The minimum Gasteiger partial charge on any atom is -0.321 e. The van der Waals surface area contributed by atoms with E-state index in [1.54, 1.807) is 24.3 Å². The van der Waals surface area contributed by atoms with E-state index >= 15 is 0 Å². The first-order valence-electron chi connectivity index (χ1n) is 7.01. The van der Waals surface area contributed by atoms with E-state index in [-0.39, 0.29) is 16.9 Å². The first kappa shape index (κ1) is 16.1. The molecule has 0 atom stereocenters. The van der Waals surface area contributed by atoms with E-state index in [0.29, 0.717) is 11.3 Å². The van der Waals surface area contributed by atoms with Gasteiger partial charge in [0.1, 0.15) is 5.65 Å². The van der Waals surface area contributed by atoms with Crippen molar-refractivity contribution >= 4 is 38.6 Å². The number of amides is 1. The number of nitrogens with one attached hydrogen (secondary N) is 1. The molecule has 0 bridgehead atoms. The molecule has 0 spiro atoms. The third-order valence-corrected chi connectivity index (χ3v) is 4.19. The SMILES string of the molecule is Cn1c(=O)c2cc(NC(=O)c3ccc(Br)cc3)cnc2n(C)c1=O. The van der Waals surface area contributed by atoms with E-state index in [1.807, 2.05) is 0 Å². The summed E-state index contributed by atoms with van der Waals surface area (Å²) in [5, 5.41) is 2.96. The van der Waals surface area contributed by atoms with Gasteiger partial charge in [-0.2, -0.15) is 0 Å². The summed E-state index contributed by atoms with van der Waals surface area (Å²) in [5.74, 6) is -0.315. The molecule has 2 heterocycles. The first-order chi connectivity index (χ1) is 11.4. The van der Waals surface area contributed by atoms with Gasteiger partial charge >= 0.3 is 5.69 Å². The van der Waals surface area contributed by atoms with Crippen LogP contribution in [0.4, 0.5) is 5.69 Å². The number of aromatic nitrogens is 3. The third-order valence-electron chi connectivity index (χ3n) is 3.66. The van der Waals surface area contributed by atoms with E-state index in [9.17, 15) is 14.4 Å². The third kappa shape index (κ3) is 2.76. The van der Waals surface area contributed by atoms with Crippen LogP contribution >= 0.6 is 15.9 Å². The molecule has 0 unspecified atom stereocenters. The number of benzene rings is 1. The second-order valence-corrected chi connectivity index (χ2v) is 6.18. The van der Waals surface area contributed by atoms with Crippen molar-refractivity contribution in [2.75, 3.05) is 5.32 Å². The van der Waals surface area contributed by atoms with Gasteiger partial charge in [-0.25, -0.2) is 9.78 Å². The van der Waals surface area contributed by atoms with Crippen LogP contribution in [0, 0.1) is 0 Å². The average molecular weight is 389 g/mol. The first-order valence-corrected chi connectivity index (χ1v) is 7.80. The Morgan fingerprint density at radius 3 is 2.46 bits per heavy atom. The van der Waals surface area contributed by atoms with Crippen molar-refractivity contribution in [2.45, 2.75) is 0 Å². The maximum Gasteiger partial charge on any atom is 0.332 e. The Hall–Kier alpha value is -2.74. The van der Waals surface area contributed by atoms with Crippen LogP contribution in [0.15, 0.2) is 50.6 Å². The molecular weight excluding hydrogens is 376 g/mol. The number of rotatable bonds is 2. The molecule has 1 N–H and O–H groups in total. The molecule has 0 aliphatic heterocycles. The number of halogens is 1. The van der Waals surface area contributed by atoms with Crippen molar-refractivity contribution in [3.63, 3.8) is 0 Å². The lowest BCUT2D eigenvalue weighted by Crippen LogP contribution is -2.37. The zero-order valence-electron chi connectivity index (χ0n) is 12.9. The Morgan fingerprint density at radius 2 is 1.79 bits per heavy atom. The van der Waals surface area contributed by atoms with Crippen LogP contribution in [-0.2, 0) is 14.1 Å². The van der Waals surface area contributed by atoms with Crippen molar-refractivity contribution < 1.29 is 4.79 Å². The van der Waals surface area contributed by atoms with Gasteiger partial charge in [-0.1, -0.05) is 15.9 Å². The second kappa shape index (κ2) is 6.04. The monoisotopic (exact) mass is 388 g/mol. The number of hydrogen-bond donors (Lipinski definition) is 1. The molecule has 24 heavy (non-hydrogen) atoms. The van der Waals surface area contributed by atoms with Gasteiger partial charge in [0.15, 0.2) is 0 Å². The Bertz CT molecular complexity index is 1070. The maximum atomic E-state index is 12.2. The smallest absolute Gasteiger partial charge is 0.321 e. The van der Waals surface area contributed by atoms with Crippen molar-refractivity contribution in [1.29, 1.82) is 0 Å². The van der Waals surface area contributed by atoms with E-state index < -0.39 is 11.2 Å². The molecule has 3 aromatic rings. The fraction of sp³-hybridized carbons (Fsp3) is 0.125. The molecule has 0 aliphatic rings. The quantitative estimate of drug-likeness (QED) is 0.722. The summed E-state index contributed by atoms with van der Waals surface area (Å²) in [7, 11) is 2.94. The van der Waals surface area contributed by atoms with Gasteiger partial charge in [-0.05, 0) is 30.3 Å². The van der Waals surface area contributed by atoms with Crippen LogP contribution in [0.5, 0.6) is 0 Å². The number of carbonyl (C=O) groups excluding carboxylic acids is 1. The number of pyridine rings is 1. The molecule has 0 saturated carbocycles. The average Bonchev–Trinajstić information content (AvgIpc) is 2.58. The molecule has 0 radical (unpaired) electrons. The number of aryl methyl sites for hydroxylation is 1. The van der Waals surface area contributed by atoms with E-state index in [4.69, 9.17) is 0 Å². The van der Waals surface area contributed by atoms with Gasteiger partial charge < -0.3 is 5.32 Å². The van der Waals surface area contributed by atoms with Crippen molar-refractivity contribution in [1.82, 2.24) is 14.1 Å². The molecular formula is C16H13BrN4O3. The zero-order chi connectivity index (χ0) is 17.4. The summed E-state index contributed by atoms with van der Waals surface area (Å²) < 4.78 is 3.16. The summed E-state index contributed by atoms with van der Waals surface area (Å²) in [6, 6.07) is 8.40. The summed E-state index contributed by atoms with van der Waals surface area (Å²) in [6.45, 7) is 0. The largest absolute Gasteiger partial charge is 0.332 e. The molecule has 0 aliphatic carbocycles. The zero-order valence-corrected chi connectivity index (χ0v) is 14.5. The predicted molar refractivity (Wildman–Crippen MR) is 94.3 cm³/mol. The van der Waals surface area contributed by atoms with E-state index in [1.165, 1.54) is 30.9 Å². The summed E-state index contributed by atoms with van der Waals surface area (Å²) >= 11 is 3.31. The van der Waals surface area contributed by atoms with Gasteiger partial charge in [-0.15, -0.1) is 0 Å². The minimum atomic E-state index is -0.458. The normalized spacial score (nSPS) is 10.8. The Labute approximate surface area is 144 Å². The highest BCUT2D eigenvalue weighted by molar-refractivity contribution is 9.10. The predicted octanol–water partition coefficient (Wildman–Crippen LogP) is 1.65. The van der Waals surface area contributed by atoms with Crippen LogP contribution in [-0.4, -0.2) is 20.0 Å². The standard InChI is InChI=1S/C16H13BrN4O3/c1-20-13-12(15(23)21(2)16(20)24)7-11(8-18-13)19-14(22)9-3-5-10(17)6-4-9/h3-8H,1-2H3,(H,19,22). The van der Waals surface area contributed by atoms with Crippen LogP contribution in [0.2, 0.25) is 0 Å². The Balaban J connectivity index is 2.02. The number of hydrogen-bond acceptors (Lipinski definition) is 4.